The number of hydrogen-bond donors (Lipinski definition) is 0. The summed E-state index contributed by atoms with van der Waals surface area (Å²) in [5.74, 6) is 0.195. The average Bonchev–Trinajstić information content (AvgIpc) is 2.32. The summed E-state index contributed by atoms with van der Waals surface area (Å²) in [7, 11) is 0. The SMILES string of the molecule is CC(C)c1sc(F)c(N=C=S)c1Cl. The Bertz CT molecular complexity index is 366. The lowest BCUT2D eigenvalue weighted by atomic mass is 10.2. The minimum atomic E-state index is -0.397. The van der Waals surface area contributed by atoms with E-state index in [-0.39, 0.29) is 11.6 Å². The summed E-state index contributed by atoms with van der Waals surface area (Å²) in [5, 5.41) is 2.07. The van der Waals surface area contributed by atoms with Gasteiger partial charge in [-0.1, -0.05) is 25.4 Å². The molecule has 1 rings (SSSR count). The maximum atomic E-state index is 13.2. The fourth-order valence-corrected chi connectivity index (χ4v) is 2.37. The van der Waals surface area contributed by atoms with Crippen LogP contribution >= 0.6 is 35.2 Å². The van der Waals surface area contributed by atoms with Gasteiger partial charge in [0, 0.05) is 4.88 Å². The lowest BCUT2D eigenvalue weighted by Crippen LogP contribution is -1.80. The number of aliphatic imine (C=N–C) groups is 1. The van der Waals surface area contributed by atoms with Crippen LogP contribution in [0.3, 0.4) is 0 Å². The fourth-order valence-electron chi connectivity index (χ4n) is 0.903. The van der Waals surface area contributed by atoms with Crippen LogP contribution in [0.5, 0.6) is 0 Å². The predicted molar refractivity (Wildman–Crippen MR) is 58.1 cm³/mol. The standard InChI is InChI=1S/C8H7ClFNS2/c1-4(2)7-5(9)6(11-3-12)8(10)13-7/h4H,1-2H3. The Balaban J connectivity index is 3.30. The Labute approximate surface area is 90.3 Å². The molecular formula is C8H7ClFNS2. The van der Waals surface area contributed by atoms with Crippen molar-refractivity contribution in [1.82, 2.24) is 0 Å². The van der Waals surface area contributed by atoms with Gasteiger partial charge in [-0.05, 0) is 18.1 Å². The summed E-state index contributed by atoms with van der Waals surface area (Å²) >= 11 is 11.3. The van der Waals surface area contributed by atoms with Crippen molar-refractivity contribution in [1.29, 1.82) is 0 Å². The highest BCUT2D eigenvalue weighted by Crippen LogP contribution is 2.41. The molecule has 0 aliphatic rings. The van der Waals surface area contributed by atoms with Gasteiger partial charge in [0.1, 0.15) is 5.69 Å². The van der Waals surface area contributed by atoms with Gasteiger partial charge >= 0.3 is 0 Å². The molecule has 0 aliphatic heterocycles. The first-order chi connectivity index (χ1) is 6.07. The number of thiophene rings is 1. The summed E-state index contributed by atoms with van der Waals surface area (Å²) in [6, 6.07) is 0. The van der Waals surface area contributed by atoms with E-state index in [9.17, 15) is 4.39 Å². The van der Waals surface area contributed by atoms with E-state index in [0.717, 1.165) is 16.2 Å². The summed E-state index contributed by atoms with van der Waals surface area (Å²) < 4.78 is 13.2. The van der Waals surface area contributed by atoms with E-state index < -0.39 is 5.13 Å². The van der Waals surface area contributed by atoms with Crippen LogP contribution in [0.25, 0.3) is 0 Å². The molecule has 0 N–H and O–H groups in total. The number of thiocarbonyl (C=S) groups is 1. The highest BCUT2D eigenvalue weighted by Gasteiger charge is 2.18. The Morgan fingerprint density at radius 2 is 2.23 bits per heavy atom. The second kappa shape index (κ2) is 4.29. The van der Waals surface area contributed by atoms with E-state index in [1.165, 1.54) is 0 Å². The number of halogens is 2. The van der Waals surface area contributed by atoms with Crippen molar-refractivity contribution in [3.63, 3.8) is 0 Å². The van der Waals surface area contributed by atoms with Gasteiger partial charge in [-0.25, -0.2) is 0 Å². The summed E-state index contributed by atoms with van der Waals surface area (Å²) in [4.78, 5) is 4.37. The zero-order valence-corrected chi connectivity index (χ0v) is 9.49. The summed E-state index contributed by atoms with van der Waals surface area (Å²) in [6.07, 6.45) is 0. The molecule has 1 aromatic rings. The zero-order valence-electron chi connectivity index (χ0n) is 7.10. The quantitative estimate of drug-likeness (QED) is 0.547. The van der Waals surface area contributed by atoms with Crippen molar-refractivity contribution in [2.24, 2.45) is 4.99 Å². The highest BCUT2D eigenvalue weighted by atomic mass is 35.5. The molecule has 0 bridgehead atoms. The van der Waals surface area contributed by atoms with Crippen LogP contribution < -0.4 is 0 Å². The van der Waals surface area contributed by atoms with Gasteiger partial charge in [0.05, 0.1) is 10.2 Å². The van der Waals surface area contributed by atoms with Crippen LogP contribution in [0.2, 0.25) is 5.02 Å². The molecule has 0 fully saturated rings. The van der Waals surface area contributed by atoms with Gasteiger partial charge in [0.15, 0.2) is 0 Å². The van der Waals surface area contributed by atoms with Crippen LogP contribution in [0.4, 0.5) is 10.1 Å². The molecule has 1 aromatic heterocycles. The minimum absolute atomic E-state index is 0.116. The topological polar surface area (TPSA) is 12.4 Å². The third-order valence-electron chi connectivity index (χ3n) is 1.49. The van der Waals surface area contributed by atoms with Crippen molar-refractivity contribution in [2.45, 2.75) is 19.8 Å². The van der Waals surface area contributed by atoms with Crippen LogP contribution in [0.1, 0.15) is 24.6 Å². The molecule has 1 nitrogen and oxygen atoms in total. The van der Waals surface area contributed by atoms with Crippen LogP contribution in [-0.4, -0.2) is 5.16 Å². The van der Waals surface area contributed by atoms with Crippen molar-refractivity contribution >= 4 is 46.0 Å². The molecule has 0 saturated heterocycles. The van der Waals surface area contributed by atoms with Gasteiger partial charge in [0.25, 0.3) is 0 Å². The molecule has 0 saturated carbocycles. The molecule has 0 unspecified atom stereocenters. The molecule has 13 heavy (non-hydrogen) atoms. The minimum Gasteiger partial charge on any atom is -0.193 e. The lowest BCUT2D eigenvalue weighted by molar-refractivity contribution is 0.659. The first kappa shape index (κ1) is 10.8. The first-order valence-electron chi connectivity index (χ1n) is 3.63. The molecule has 1 heterocycles. The second-order valence-corrected chi connectivity index (χ2v) is 4.32. The normalized spacial score (nSPS) is 10.2. The first-order valence-corrected chi connectivity index (χ1v) is 5.23. The number of rotatable bonds is 2. The van der Waals surface area contributed by atoms with Gasteiger partial charge in [-0.3, -0.25) is 0 Å². The van der Waals surface area contributed by atoms with Crippen molar-refractivity contribution in [3.05, 3.63) is 15.0 Å². The third kappa shape index (κ3) is 2.15. The lowest BCUT2D eigenvalue weighted by Gasteiger charge is -1.99. The van der Waals surface area contributed by atoms with E-state index in [0.29, 0.717) is 5.02 Å². The molecule has 0 aliphatic carbocycles. The Hall–Kier alpha value is -0.280. The monoisotopic (exact) mass is 235 g/mol. The number of hydrogen-bond acceptors (Lipinski definition) is 3. The Morgan fingerprint density at radius 1 is 1.62 bits per heavy atom. The Kier molecular flexibility index (Phi) is 3.56. The van der Waals surface area contributed by atoms with Crippen LogP contribution in [0, 0.1) is 5.13 Å². The molecule has 0 spiro atoms. The maximum absolute atomic E-state index is 13.2. The summed E-state index contributed by atoms with van der Waals surface area (Å²) in [6.45, 7) is 3.89. The third-order valence-corrected chi connectivity index (χ3v) is 3.35. The van der Waals surface area contributed by atoms with Crippen molar-refractivity contribution in [2.75, 3.05) is 0 Å². The fraction of sp³-hybridized carbons (Fsp3) is 0.375. The van der Waals surface area contributed by atoms with Crippen LogP contribution in [0.15, 0.2) is 4.99 Å². The second-order valence-electron chi connectivity index (χ2n) is 2.76. The molecule has 0 atom stereocenters. The zero-order chi connectivity index (χ0) is 10.0. The molecule has 70 valence electrons. The molecular weight excluding hydrogens is 229 g/mol. The van der Waals surface area contributed by atoms with Crippen molar-refractivity contribution in [3.8, 4) is 0 Å². The van der Waals surface area contributed by atoms with Crippen molar-refractivity contribution < 1.29 is 4.39 Å². The van der Waals surface area contributed by atoms with E-state index in [2.05, 4.69) is 22.4 Å². The van der Waals surface area contributed by atoms with Crippen LogP contribution in [-0.2, 0) is 0 Å². The number of nitrogens with zero attached hydrogens (tertiary/aromatic N) is 1. The Morgan fingerprint density at radius 3 is 2.62 bits per heavy atom. The average molecular weight is 236 g/mol. The van der Waals surface area contributed by atoms with Gasteiger partial charge in [-0.15, -0.1) is 11.3 Å². The van der Waals surface area contributed by atoms with E-state index in [4.69, 9.17) is 11.6 Å². The van der Waals surface area contributed by atoms with E-state index >= 15 is 0 Å². The molecule has 0 aromatic carbocycles. The van der Waals surface area contributed by atoms with E-state index in [1.807, 2.05) is 13.8 Å². The number of isothiocyanates is 1. The van der Waals surface area contributed by atoms with Gasteiger partial charge in [0.2, 0.25) is 5.13 Å². The van der Waals surface area contributed by atoms with Gasteiger partial charge in [-0.2, -0.15) is 9.38 Å². The van der Waals surface area contributed by atoms with E-state index in [1.54, 1.807) is 0 Å². The summed E-state index contributed by atoms with van der Waals surface area (Å²) in [5.41, 5.74) is 0.116. The highest BCUT2D eigenvalue weighted by molar-refractivity contribution is 7.78. The maximum Gasteiger partial charge on any atom is 0.204 e. The predicted octanol–water partition coefficient (Wildman–Crippen LogP) is 4.40. The molecule has 0 amide bonds. The molecule has 0 radical (unpaired) electrons. The molecule has 5 heteroatoms. The largest absolute Gasteiger partial charge is 0.204 e. The van der Waals surface area contributed by atoms with Gasteiger partial charge < -0.3 is 0 Å². The smallest absolute Gasteiger partial charge is 0.193 e.